The first-order valence-corrected chi connectivity index (χ1v) is 11.3. The first-order valence-electron chi connectivity index (χ1n) is 10.9. The van der Waals surface area contributed by atoms with Crippen molar-refractivity contribution in [1.29, 1.82) is 0 Å². The van der Waals surface area contributed by atoms with E-state index in [2.05, 4.69) is 0 Å². The van der Waals surface area contributed by atoms with E-state index in [1.807, 2.05) is 74.2 Å². The summed E-state index contributed by atoms with van der Waals surface area (Å²) < 4.78 is 11.3. The number of nitrogens with zero attached hydrogens (tertiary/aromatic N) is 1. The van der Waals surface area contributed by atoms with Crippen molar-refractivity contribution in [2.45, 2.75) is 51.8 Å². The zero-order valence-corrected chi connectivity index (χ0v) is 19.4. The number of halogens is 1. The summed E-state index contributed by atoms with van der Waals surface area (Å²) in [6.07, 6.45) is 1.52. The third-order valence-corrected chi connectivity index (χ3v) is 5.68. The van der Waals surface area contributed by atoms with Crippen LogP contribution in [0.15, 0.2) is 48.5 Å². The molecule has 3 rings (SSSR count). The van der Waals surface area contributed by atoms with Gasteiger partial charge in [-0.15, -0.1) is 0 Å². The third kappa shape index (κ3) is 6.70. The third-order valence-electron chi connectivity index (χ3n) is 5.37. The maximum Gasteiger partial charge on any atom is 0.410 e. The SMILES string of the molecule is CC(C)(C)OC(=O)N(Cc1ccc(-c2ccccc2)c(Cl)c1)C1CC(COCCN)C1. The van der Waals surface area contributed by atoms with Gasteiger partial charge in [-0.3, -0.25) is 0 Å². The summed E-state index contributed by atoms with van der Waals surface area (Å²) in [4.78, 5) is 14.8. The monoisotopic (exact) mass is 444 g/mol. The molecule has 0 spiro atoms. The van der Waals surface area contributed by atoms with Gasteiger partial charge in [-0.1, -0.05) is 54.1 Å². The first-order chi connectivity index (χ1) is 14.8. The molecule has 0 aromatic heterocycles. The Morgan fingerprint density at radius 1 is 1.16 bits per heavy atom. The molecular formula is C25H33ClN2O3. The van der Waals surface area contributed by atoms with Crippen molar-refractivity contribution in [2.24, 2.45) is 11.7 Å². The quantitative estimate of drug-likeness (QED) is 0.546. The lowest BCUT2D eigenvalue weighted by Gasteiger charge is -2.43. The average Bonchev–Trinajstić information content (AvgIpc) is 2.68. The molecule has 2 aromatic rings. The summed E-state index contributed by atoms with van der Waals surface area (Å²) in [7, 11) is 0. The molecule has 0 saturated heterocycles. The molecule has 31 heavy (non-hydrogen) atoms. The Morgan fingerprint density at radius 2 is 1.87 bits per heavy atom. The van der Waals surface area contributed by atoms with Crippen LogP contribution in [0.25, 0.3) is 11.1 Å². The van der Waals surface area contributed by atoms with Crippen LogP contribution in [0.4, 0.5) is 4.79 Å². The van der Waals surface area contributed by atoms with Crippen LogP contribution >= 0.6 is 11.6 Å². The summed E-state index contributed by atoms with van der Waals surface area (Å²) in [5.41, 5.74) is 7.98. The van der Waals surface area contributed by atoms with Crippen LogP contribution < -0.4 is 5.73 Å². The second-order valence-corrected chi connectivity index (χ2v) is 9.55. The molecule has 0 atom stereocenters. The van der Waals surface area contributed by atoms with E-state index < -0.39 is 5.60 Å². The normalized spacial score (nSPS) is 18.4. The fourth-order valence-corrected chi connectivity index (χ4v) is 4.11. The number of carbonyl (C=O) groups is 1. The molecule has 1 fully saturated rings. The van der Waals surface area contributed by atoms with Crippen LogP contribution in [-0.2, 0) is 16.0 Å². The Bertz CT molecular complexity index is 861. The van der Waals surface area contributed by atoms with Crippen LogP contribution in [0.5, 0.6) is 0 Å². The number of hydrogen-bond donors (Lipinski definition) is 1. The van der Waals surface area contributed by atoms with Crippen molar-refractivity contribution in [3.8, 4) is 11.1 Å². The van der Waals surface area contributed by atoms with Crippen molar-refractivity contribution < 1.29 is 14.3 Å². The molecule has 5 nitrogen and oxygen atoms in total. The van der Waals surface area contributed by atoms with Gasteiger partial charge in [0.25, 0.3) is 0 Å². The fourth-order valence-electron chi connectivity index (χ4n) is 3.79. The van der Waals surface area contributed by atoms with Crippen LogP contribution in [0, 0.1) is 5.92 Å². The molecule has 2 aromatic carbocycles. The molecule has 6 heteroatoms. The van der Waals surface area contributed by atoms with E-state index in [-0.39, 0.29) is 12.1 Å². The summed E-state index contributed by atoms with van der Waals surface area (Å²) >= 11 is 6.59. The molecule has 168 valence electrons. The highest BCUT2D eigenvalue weighted by atomic mass is 35.5. The lowest BCUT2D eigenvalue weighted by molar-refractivity contribution is -0.0187. The van der Waals surface area contributed by atoms with E-state index in [4.69, 9.17) is 26.8 Å². The maximum atomic E-state index is 13.0. The Morgan fingerprint density at radius 3 is 2.48 bits per heavy atom. The van der Waals surface area contributed by atoms with E-state index in [0.29, 0.717) is 37.2 Å². The Kier molecular flexibility index (Phi) is 7.98. The number of carbonyl (C=O) groups excluding carboxylic acids is 1. The molecule has 1 aliphatic rings. The van der Waals surface area contributed by atoms with E-state index in [9.17, 15) is 4.79 Å². The van der Waals surface area contributed by atoms with Gasteiger partial charge in [0.05, 0.1) is 6.61 Å². The first kappa shape index (κ1) is 23.6. The summed E-state index contributed by atoms with van der Waals surface area (Å²) in [5, 5.41) is 0.675. The highest BCUT2D eigenvalue weighted by Gasteiger charge is 2.38. The largest absolute Gasteiger partial charge is 0.444 e. The van der Waals surface area contributed by atoms with Gasteiger partial charge in [0.2, 0.25) is 0 Å². The zero-order chi connectivity index (χ0) is 22.4. The van der Waals surface area contributed by atoms with Crippen LogP contribution in [-0.4, -0.2) is 42.4 Å². The molecule has 0 radical (unpaired) electrons. The van der Waals surface area contributed by atoms with Crippen molar-refractivity contribution in [2.75, 3.05) is 19.8 Å². The predicted octanol–water partition coefficient (Wildman–Crippen LogP) is 5.50. The minimum Gasteiger partial charge on any atom is -0.444 e. The highest BCUT2D eigenvalue weighted by molar-refractivity contribution is 6.33. The standard InChI is InChI=1S/C25H33ClN2O3/c1-25(2,3)31-24(29)28(21-13-19(14-21)17-30-12-11-27)16-18-9-10-22(23(26)15-18)20-7-5-4-6-8-20/h4-10,15,19,21H,11-14,16-17,27H2,1-3H3. The lowest BCUT2D eigenvalue weighted by atomic mass is 9.80. The molecule has 1 amide bonds. The Balaban J connectivity index is 1.71. The van der Waals surface area contributed by atoms with Crippen molar-refractivity contribution in [3.63, 3.8) is 0 Å². The van der Waals surface area contributed by atoms with Gasteiger partial charge in [-0.2, -0.15) is 0 Å². The molecule has 0 unspecified atom stereocenters. The number of rotatable bonds is 8. The van der Waals surface area contributed by atoms with Gasteiger partial charge in [0.1, 0.15) is 5.60 Å². The molecule has 2 N–H and O–H groups in total. The maximum absolute atomic E-state index is 13.0. The zero-order valence-electron chi connectivity index (χ0n) is 18.6. The lowest BCUT2D eigenvalue weighted by Crippen LogP contribution is -2.50. The number of hydrogen-bond acceptors (Lipinski definition) is 4. The fraction of sp³-hybridized carbons (Fsp3) is 0.480. The van der Waals surface area contributed by atoms with Gasteiger partial charge in [0.15, 0.2) is 0 Å². The number of ether oxygens (including phenoxy) is 2. The Hall–Kier alpha value is -2.08. The number of nitrogens with two attached hydrogens (primary N) is 1. The van der Waals surface area contributed by atoms with Gasteiger partial charge in [0, 0.05) is 36.3 Å². The second-order valence-electron chi connectivity index (χ2n) is 9.14. The number of amides is 1. The summed E-state index contributed by atoms with van der Waals surface area (Å²) in [6, 6.07) is 16.2. The van der Waals surface area contributed by atoms with Gasteiger partial charge in [-0.05, 0) is 56.7 Å². The van der Waals surface area contributed by atoms with Gasteiger partial charge < -0.3 is 20.1 Å². The van der Waals surface area contributed by atoms with Crippen LogP contribution in [0.1, 0.15) is 39.2 Å². The van der Waals surface area contributed by atoms with Crippen LogP contribution in [0.3, 0.4) is 0 Å². The van der Waals surface area contributed by atoms with Gasteiger partial charge >= 0.3 is 6.09 Å². The molecule has 0 heterocycles. The van der Waals surface area contributed by atoms with Crippen molar-refractivity contribution in [3.05, 3.63) is 59.1 Å². The molecular weight excluding hydrogens is 412 g/mol. The number of benzene rings is 2. The second kappa shape index (κ2) is 10.5. The van der Waals surface area contributed by atoms with Crippen molar-refractivity contribution in [1.82, 2.24) is 4.90 Å². The predicted molar refractivity (Wildman–Crippen MR) is 125 cm³/mol. The van der Waals surface area contributed by atoms with Gasteiger partial charge in [-0.25, -0.2) is 4.79 Å². The Labute approximate surface area is 190 Å². The summed E-state index contributed by atoms with van der Waals surface area (Å²) in [6.45, 7) is 7.91. The molecule has 0 bridgehead atoms. The molecule has 1 aliphatic carbocycles. The molecule has 0 aliphatic heterocycles. The topological polar surface area (TPSA) is 64.8 Å². The highest BCUT2D eigenvalue weighted by Crippen LogP contribution is 2.35. The molecule has 1 saturated carbocycles. The summed E-state index contributed by atoms with van der Waals surface area (Å²) in [5.74, 6) is 0.450. The minimum absolute atomic E-state index is 0.133. The van der Waals surface area contributed by atoms with Crippen LogP contribution in [0.2, 0.25) is 5.02 Å². The van der Waals surface area contributed by atoms with E-state index in [1.165, 1.54) is 0 Å². The van der Waals surface area contributed by atoms with E-state index in [1.54, 1.807) is 0 Å². The van der Waals surface area contributed by atoms with E-state index in [0.717, 1.165) is 29.5 Å². The minimum atomic E-state index is -0.544. The van der Waals surface area contributed by atoms with E-state index >= 15 is 0 Å². The van der Waals surface area contributed by atoms with Crippen molar-refractivity contribution >= 4 is 17.7 Å². The average molecular weight is 445 g/mol. The smallest absolute Gasteiger partial charge is 0.410 e.